The van der Waals surface area contributed by atoms with Gasteiger partial charge in [-0.25, -0.2) is 4.99 Å². The van der Waals surface area contributed by atoms with Crippen molar-refractivity contribution in [3.63, 3.8) is 0 Å². The van der Waals surface area contributed by atoms with Gasteiger partial charge in [-0.1, -0.05) is 35.3 Å². The van der Waals surface area contributed by atoms with Crippen molar-refractivity contribution in [2.24, 2.45) is 4.99 Å². The summed E-state index contributed by atoms with van der Waals surface area (Å²) in [6.07, 6.45) is 1.55. The van der Waals surface area contributed by atoms with Crippen LogP contribution in [0, 0.1) is 17.0 Å². The minimum Gasteiger partial charge on any atom is -0.300 e. The van der Waals surface area contributed by atoms with Crippen molar-refractivity contribution in [3.8, 4) is 0 Å². The van der Waals surface area contributed by atoms with E-state index in [0.717, 1.165) is 17.3 Å². The third kappa shape index (κ3) is 3.90. The SMILES string of the molecule is Cc1c(Cl)cccc1N=C1NC(=O)/C(=C\c2ccc(Cl)c([N+](=O)[O-])c2)S1. The third-order valence-corrected chi connectivity index (χ3v) is 5.22. The molecule has 0 aliphatic carbocycles. The number of thioether (sulfide) groups is 1. The Morgan fingerprint density at radius 3 is 2.73 bits per heavy atom. The molecule has 0 atom stereocenters. The molecule has 0 unspecified atom stereocenters. The maximum atomic E-state index is 12.1. The lowest BCUT2D eigenvalue weighted by molar-refractivity contribution is -0.384. The van der Waals surface area contributed by atoms with Crippen molar-refractivity contribution in [1.82, 2.24) is 5.32 Å². The normalized spacial score (nSPS) is 17.0. The average molecular weight is 408 g/mol. The van der Waals surface area contributed by atoms with E-state index in [1.165, 1.54) is 12.1 Å². The Kier molecular flexibility index (Phi) is 5.31. The summed E-state index contributed by atoms with van der Waals surface area (Å²) in [5.74, 6) is -0.328. The highest BCUT2D eigenvalue weighted by Gasteiger charge is 2.24. The lowest BCUT2D eigenvalue weighted by Crippen LogP contribution is -2.19. The van der Waals surface area contributed by atoms with Crippen LogP contribution >= 0.6 is 35.0 Å². The predicted octanol–water partition coefficient (Wildman–Crippen LogP) is 5.10. The molecule has 9 heteroatoms. The number of amidine groups is 1. The number of rotatable bonds is 3. The van der Waals surface area contributed by atoms with Gasteiger partial charge in [0.1, 0.15) is 5.02 Å². The molecule has 1 aliphatic rings. The molecule has 3 rings (SSSR count). The van der Waals surface area contributed by atoms with Gasteiger partial charge in [0.25, 0.3) is 11.6 Å². The first-order chi connectivity index (χ1) is 12.3. The van der Waals surface area contributed by atoms with Gasteiger partial charge < -0.3 is 5.32 Å². The van der Waals surface area contributed by atoms with E-state index in [9.17, 15) is 14.9 Å². The minimum absolute atomic E-state index is 0.0411. The number of hydrogen-bond donors (Lipinski definition) is 1. The van der Waals surface area contributed by atoms with Gasteiger partial charge in [-0.05, 0) is 54.1 Å². The van der Waals surface area contributed by atoms with Crippen molar-refractivity contribution in [2.75, 3.05) is 0 Å². The van der Waals surface area contributed by atoms with Crippen LogP contribution in [0.2, 0.25) is 10.0 Å². The summed E-state index contributed by atoms with van der Waals surface area (Å²) in [6.45, 7) is 1.84. The second-order valence-electron chi connectivity index (χ2n) is 5.33. The highest BCUT2D eigenvalue weighted by molar-refractivity contribution is 8.18. The first-order valence-corrected chi connectivity index (χ1v) is 8.91. The lowest BCUT2D eigenvalue weighted by Gasteiger charge is -2.02. The molecule has 2 aromatic rings. The second kappa shape index (κ2) is 7.49. The summed E-state index contributed by atoms with van der Waals surface area (Å²) in [5, 5.41) is 14.7. The molecule has 1 amide bonds. The Hall–Kier alpha value is -2.35. The van der Waals surface area contributed by atoms with Gasteiger partial charge in [0.15, 0.2) is 5.17 Å². The van der Waals surface area contributed by atoms with E-state index < -0.39 is 4.92 Å². The van der Waals surface area contributed by atoms with Gasteiger partial charge in [-0.3, -0.25) is 14.9 Å². The Balaban J connectivity index is 1.89. The van der Waals surface area contributed by atoms with Crippen LogP contribution in [-0.4, -0.2) is 16.0 Å². The van der Waals surface area contributed by atoms with Crippen LogP contribution in [-0.2, 0) is 4.79 Å². The number of nitrogens with zero attached hydrogens (tertiary/aromatic N) is 2. The zero-order valence-electron chi connectivity index (χ0n) is 13.3. The fraction of sp³-hybridized carbons (Fsp3) is 0.0588. The maximum absolute atomic E-state index is 12.1. The van der Waals surface area contributed by atoms with E-state index in [-0.39, 0.29) is 16.6 Å². The lowest BCUT2D eigenvalue weighted by atomic mass is 10.2. The molecule has 1 heterocycles. The number of nitro benzene ring substituents is 1. The van der Waals surface area contributed by atoms with Gasteiger partial charge in [0, 0.05) is 11.1 Å². The summed E-state index contributed by atoms with van der Waals surface area (Å²) in [6, 6.07) is 9.68. The molecule has 1 fully saturated rings. The van der Waals surface area contributed by atoms with Gasteiger partial charge in [0.05, 0.1) is 15.5 Å². The van der Waals surface area contributed by atoms with Gasteiger partial charge in [-0.2, -0.15) is 0 Å². The molecule has 0 bridgehead atoms. The Labute approximate surface area is 163 Å². The van der Waals surface area contributed by atoms with Crippen LogP contribution in [0.15, 0.2) is 46.3 Å². The Morgan fingerprint density at radius 2 is 2.00 bits per heavy atom. The first-order valence-electron chi connectivity index (χ1n) is 7.34. The monoisotopic (exact) mass is 407 g/mol. The fourth-order valence-electron chi connectivity index (χ4n) is 2.22. The summed E-state index contributed by atoms with van der Waals surface area (Å²) in [5.41, 5.74) is 1.75. The van der Waals surface area contributed by atoms with E-state index in [1.807, 2.05) is 6.92 Å². The standard InChI is InChI=1S/C17H11Cl2N3O3S/c1-9-11(18)3-2-4-13(9)20-17-21-16(23)15(26-17)8-10-5-6-12(19)14(7-10)22(24)25/h2-8H,1H3,(H,20,21,23)/b15-8+. The van der Waals surface area contributed by atoms with Crippen molar-refractivity contribution in [1.29, 1.82) is 0 Å². The number of amides is 1. The quantitative estimate of drug-likeness (QED) is 0.435. The predicted molar refractivity (Wildman–Crippen MR) is 105 cm³/mol. The molecular weight excluding hydrogens is 397 g/mol. The van der Waals surface area contributed by atoms with Crippen LogP contribution in [0.1, 0.15) is 11.1 Å². The zero-order chi connectivity index (χ0) is 18.8. The van der Waals surface area contributed by atoms with Crippen molar-refractivity contribution >= 4 is 63.5 Å². The van der Waals surface area contributed by atoms with Gasteiger partial charge in [-0.15, -0.1) is 0 Å². The number of halogens is 2. The number of aliphatic imine (C=N–C) groups is 1. The third-order valence-electron chi connectivity index (χ3n) is 3.58. The summed E-state index contributed by atoms with van der Waals surface area (Å²) in [7, 11) is 0. The van der Waals surface area contributed by atoms with Gasteiger partial charge in [0.2, 0.25) is 0 Å². The second-order valence-corrected chi connectivity index (χ2v) is 7.18. The first kappa shape index (κ1) is 18.4. The largest absolute Gasteiger partial charge is 0.300 e. The number of benzene rings is 2. The number of nitro groups is 1. The molecular formula is C17H11Cl2N3O3S. The van der Waals surface area contributed by atoms with E-state index >= 15 is 0 Å². The van der Waals surface area contributed by atoms with E-state index in [2.05, 4.69) is 10.3 Å². The van der Waals surface area contributed by atoms with Crippen molar-refractivity contribution in [2.45, 2.75) is 6.92 Å². The summed E-state index contributed by atoms with van der Waals surface area (Å²) in [4.78, 5) is 27.3. The molecule has 26 heavy (non-hydrogen) atoms. The van der Waals surface area contributed by atoms with Gasteiger partial charge >= 0.3 is 0 Å². The molecule has 0 aromatic heterocycles. The van der Waals surface area contributed by atoms with Crippen LogP contribution in [0.4, 0.5) is 11.4 Å². The molecule has 132 valence electrons. The van der Waals surface area contributed by atoms with Crippen LogP contribution < -0.4 is 5.32 Å². The number of carbonyl (C=O) groups excluding carboxylic acids is 1. The molecule has 1 aliphatic heterocycles. The molecule has 6 nitrogen and oxygen atoms in total. The average Bonchev–Trinajstić information content (AvgIpc) is 2.93. The van der Waals surface area contributed by atoms with Crippen molar-refractivity contribution in [3.05, 3.63) is 72.6 Å². The highest BCUT2D eigenvalue weighted by atomic mass is 35.5. The van der Waals surface area contributed by atoms with E-state index in [4.69, 9.17) is 23.2 Å². The van der Waals surface area contributed by atoms with Crippen LogP contribution in [0.3, 0.4) is 0 Å². The molecule has 1 saturated heterocycles. The number of carbonyl (C=O) groups is 1. The van der Waals surface area contributed by atoms with E-state index in [0.29, 0.717) is 26.3 Å². The minimum atomic E-state index is -0.568. The summed E-state index contributed by atoms with van der Waals surface area (Å²) >= 11 is 13.0. The molecule has 0 saturated carbocycles. The number of nitrogens with one attached hydrogen (secondary N) is 1. The zero-order valence-corrected chi connectivity index (χ0v) is 15.7. The Bertz CT molecular complexity index is 989. The molecule has 0 spiro atoms. The van der Waals surface area contributed by atoms with Crippen LogP contribution in [0.25, 0.3) is 6.08 Å². The molecule has 1 N–H and O–H groups in total. The molecule has 2 aromatic carbocycles. The highest BCUT2D eigenvalue weighted by Crippen LogP contribution is 2.32. The van der Waals surface area contributed by atoms with Crippen molar-refractivity contribution < 1.29 is 9.72 Å². The maximum Gasteiger partial charge on any atom is 0.288 e. The van der Waals surface area contributed by atoms with Crippen LogP contribution in [0.5, 0.6) is 0 Å². The number of hydrogen-bond acceptors (Lipinski definition) is 5. The van der Waals surface area contributed by atoms with E-state index in [1.54, 1.807) is 30.3 Å². The fourth-order valence-corrected chi connectivity index (χ4v) is 3.41. The Morgan fingerprint density at radius 1 is 1.23 bits per heavy atom. The topological polar surface area (TPSA) is 84.6 Å². The molecule has 0 radical (unpaired) electrons. The summed E-state index contributed by atoms with van der Waals surface area (Å²) < 4.78 is 0. The smallest absolute Gasteiger partial charge is 0.288 e.